The van der Waals surface area contributed by atoms with E-state index in [1.807, 2.05) is 30.3 Å². The third-order valence-corrected chi connectivity index (χ3v) is 6.22. The molecule has 0 aliphatic carbocycles. The van der Waals surface area contributed by atoms with Gasteiger partial charge in [-0.25, -0.2) is 24.1 Å². The second-order valence-corrected chi connectivity index (χ2v) is 8.41. The molecule has 1 saturated heterocycles. The number of ether oxygens (including phenoxy) is 1. The Bertz CT molecular complexity index is 1430. The topological polar surface area (TPSA) is 85.5 Å². The van der Waals surface area contributed by atoms with Gasteiger partial charge in [-0.2, -0.15) is 0 Å². The predicted molar refractivity (Wildman–Crippen MR) is 131 cm³/mol. The van der Waals surface area contributed by atoms with Gasteiger partial charge in [-0.1, -0.05) is 24.3 Å². The van der Waals surface area contributed by atoms with E-state index in [0.29, 0.717) is 48.9 Å². The summed E-state index contributed by atoms with van der Waals surface area (Å²) in [7, 11) is 3.21. The van der Waals surface area contributed by atoms with Crippen LogP contribution in [-0.2, 0) is 7.05 Å². The van der Waals surface area contributed by atoms with Gasteiger partial charge in [0.2, 0.25) is 0 Å². The van der Waals surface area contributed by atoms with Crippen molar-refractivity contribution in [1.29, 1.82) is 0 Å². The number of anilines is 1. The number of amides is 1. The van der Waals surface area contributed by atoms with Crippen LogP contribution in [0.1, 0.15) is 5.56 Å². The van der Waals surface area contributed by atoms with Crippen molar-refractivity contribution in [2.45, 2.75) is 6.92 Å². The first kappa shape index (κ1) is 21.7. The lowest BCUT2D eigenvalue weighted by Crippen LogP contribution is -2.51. The predicted octanol–water partition coefficient (Wildman–Crippen LogP) is 2.90. The van der Waals surface area contributed by atoms with Crippen LogP contribution in [0.5, 0.6) is 5.75 Å². The maximum atomic E-state index is 13.4. The fourth-order valence-corrected chi connectivity index (χ4v) is 4.32. The maximum Gasteiger partial charge on any atom is 0.338 e. The number of piperazine rings is 1. The Hall–Kier alpha value is -4.14. The molecule has 9 nitrogen and oxygen atoms in total. The van der Waals surface area contributed by atoms with Crippen molar-refractivity contribution in [2.24, 2.45) is 7.05 Å². The van der Waals surface area contributed by atoms with E-state index < -0.39 is 5.69 Å². The minimum atomic E-state index is -0.432. The molecule has 4 aromatic rings. The Morgan fingerprint density at radius 3 is 2.53 bits per heavy atom. The highest BCUT2D eigenvalue weighted by atomic mass is 16.5. The molecule has 0 N–H and O–H groups in total. The molecule has 1 amide bonds. The van der Waals surface area contributed by atoms with Crippen LogP contribution < -0.4 is 15.3 Å². The SMILES string of the molecule is COc1cccc(-c2ncc3c(n2)n(C)c(=O)n3C(=O)N2CCN(c3cccc(C)c3)CC2)c1. The van der Waals surface area contributed by atoms with E-state index in [4.69, 9.17) is 4.74 Å². The van der Waals surface area contributed by atoms with Crippen molar-refractivity contribution in [1.82, 2.24) is 24.0 Å². The van der Waals surface area contributed by atoms with Crippen LogP contribution in [0, 0.1) is 6.92 Å². The molecule has 0 spiro atoms. The molecule has 2 aromatic heterocycles. The average molecular weight is 459 g/mol. The number of benzene rings is 2. The van der Waals surface area contributed by atoms with Crippen molar-refractivity contribution < 1.29 is 9.53 Å². The molecular weight excluding hydrogens is 432 g/mol. The highest BCUT2D eigenvalue weighted by Crippen LogP contribution is 2.23. The van der Waals surface area contributed by atoms with E-state index in [1.165, 1.54) is 14.7 Å². The third kappa shape index (κ3) is 3.79. The quantitative estimate of drug-likeness (QED) is 0.469. The van der Waals surface area contributed by atoms with Gasteiger partial charge < -0.3 is 14.5 Å². The molecule has 1 fully saturated rings. The lowest BCUT2D eigenvalue weighted by Gasteiger charge is -2.36. The van der Waals surface area contributed by atoms with Crippen LogP contribution >= 0.6 is 0 Å². The third-order valence-electron chi connectivity index (χ3n) is 6.22. The van der Waals surface area contributed by atoms with Crippen LogP contribution in [0.4, 0.5) is 10.5 Å². The van der Waals surface area contributed by atoms with Crippen LogP contribution in [0.15, 0.2) is 59.5 Å². The van der Waals surface area contributed by atoms with Gasteiger partial charge in [0.15, 0.2) is 11.5 Å². The lowest BCUT2D eigenvalue weighted by molar-refractivity contribution is 0.196. The Labute approximate surface area is 196 Å². The van der Waals surface area contributed by atoms with Crippen LogP contribution in [0.2, 0.25) is 0 Å². The molecular formula is C25H26N6O3. The number of aryl methyl sites for hydroxylation is 2. The molecule has 1 aliphatic rings. The van der Waals surface area contributed by atoms with E-state index in [2.05, 4.69) is 40.0 Å². The van der Waals surface area contributed by atoms with Gasteiger partial charge in [0.05, 0.1) is 13.3 Å². The Morgan fingerprint density at radius 1 is 1.03 bits per heavy atom. The summed E-state index contributed by atoms with van der Waals surface area (Å²) in [6.07, 6.45) is 1.54. The lowest BCUT2D eigenvalue weighted by atomic mass is 10.2. The Kier molecular flexibility index (Phi) is 5.53. The summed E-state index contributed by atoms with van der Waals surface area (Å²) in [5, 5.41) is 0. The van der Waals surface area contributed by atoms with Gasteiger partial charge in [0, 0.05) is 44.5 Å². The molecule has 34 heavy (non-hydrogen) atoms. The molecule has 5 rings (SSSR count). The summed E-state index contributed by atoms with van der Waals surface area (Å²) < 4.78 is 7.85. The number of carbonyl (C=O) groups is 1. The molecule has 0 bridgehead atoms. The van der Waals surface area contributed by atoms with Crippen molar-refractivity contribution in [3.63, 3.8) is 0 Å². The monoisotopic (exact) mass is 458 g/mol. The van der Waals surface area contributed by atoms with Gasteiger partial charge in [0.25, 0.3) is 0 Å². The number of carbonyl (C=O) groups excluding carboxylic acids is 1. The number of imidazole rings is 1. The smallest absolute Gasteiger partial charge is 0.338 e. The zero-order chi connectivity index (χ0) is 23.8. The van der Waals surface area contributed by atoms with E-state index in [1.54, 1.807) is 25.3 Å². The van der Waals surface area contributed by atoms with Crippen molar-refractivity contribution >= 4 is 22.9 Å². The zero-order valence-corrected chi connectivity index (χ0v) is 19.4. The van der Waals surface area contributed by atoms with E-state index >= 15 is 0 Å². The summed E-state index contributed by atoms with van der Waals surface area (Å²) >= 11 is 0. The normalized spacial score (nSPS) is 14.0. The number of aromatic nitrogens is 4. The van der Waals surface area contributed by atoms with E-state index in [-0.39, 0.29) is 6.03 Å². The summed E-state index contributed by atoms with van der Waals surface area (Å²) in [6, 6.07) is 15.4. The van der Waals surface area contributed by atoms with E-state index in [9.17, 15) is 9.59 Å². The molecule has 174 valence electrons. The summed E-state index contributed by atoms with van der Waals surface area (Å²) in [6.45, 7) is 4.52. The minimum Gasteiger partial charge on any atom is -0.497 e. The average Bonchev–Trinajstić information content (AvgIpc) is 3.13. The first-order valence-corrected chi connectivity index (χ1v) is 11.2. The fraction of sp³-hybridized carbons (Fsp3) is 0.280. The molecule has 3 heterocycles. The number of rotatable bonds is 3. The standard InChI is InChI=1S/C25H26N6O3/c1-17-6-4-8-19(14-17)29-10-12-30(13-11-29)25(33)31-21-16-26-22(27-23(21)28(2)24(31)32)18-7-5-9-20(15-18)34-3/h4-9,14-16H,10-13H2,1-3H3. The fourth-order valence-electron chi connectivity index (χ4n) is 4.32. The molecule has 0 saturated carbocycles. The van der Waals surface area contributed by atoms with Gasteiger partial charge in [0.1, 0.15) is 11.3 Å². The first-order chi connectivity index (χ1) is 16.5. The molecule has 9 heteroatoms. The minimum absolute atomic E-state index is 0.350. The molecule has 0 atom stereocenters. The molecule has 0 radical (unpaired) electrons. The maximum absolute atomic E-state index is 13.4. The number of hydrogen-bond acceptors (Lipinski definition) is 6. The van der Waals surface area contributed by atoms with Crippen molar-refractivity contribution in [3.05, 3.63) is 70.8 Å². The van der Waals surface area contributed by atoms with Gasteiger partial charge in [-0.3, -0.25) is 4.57 Å². The number of fused-ring (bicyclic) bond motifs is 1. The molecule has 0 unspecified atom stereocenters. The van der Waals surface area contributed by atoms with Crippen molar-refractivity contribution in [3.8, 4) is 17.1 Å². The Morgan fingerprint density at radius 2 is 1.79 bits per heavy atom. The molecule has 2 aromatic carbocycles. The van der Waals surface area contributed by atoms with Gasteiger partial charge in [-0.05, 0) is 36.8 Å². The second-order valence-electron chi connectivity index (χ2n) is 8.41. The Balaban J connectivity index is 1.42. The number of hydrogen-bond donors (Lipinski definition) is 0. The van der Waals surface area contributed by atoms with Gasteiger partial charge in [-0.15, -0.1) is 0 Å². The van der Waals surface area contributed by atoms with Crippen LogP contribution in [0.3, 0.4) is 0 Å². The summed E-state index contributed by atoms with van der Waals surface area (Å²) in [5.74, 6) is 1.14. The zero-order valence-electron chi connectivity index (χ0n) is 19.4. The molecule has 1 aliphatic heterocycles. The van der Waals surface area contributed by atoms with Gasteiger partial charge >= 0.3 is 11.7 Å². The van der Waals surface area contributed by atoms with Crippen molar-refractivity contribution in [2.75, 3.05) is 38.2 Å². The largest absolute Gasteiger partial charge is 0.497 e. The van der Waals surface area contributed by atoms with Crippen LogP contribution in [-0.4, -0.2) is 63.3 Å². The summed E-state index contributed by atoms with van der Waals surface area (Å²) in [5.41, 5.74) is 3.48. The highest BCUT2D eigenvalue weighted by molar-refractivity contribution is 5.88. The summed E-state index contributed by atoms with van der Waals surface area (Å²) in [4.78, 5) is 39.4. The second kappa shape index (κ2) is 8.66. The van der Waals surface area contributed by atoms with Crippen LogP contribution in [0.25, 0.3) is 22.6 Å². The number of methoxy groups -OCH3 is 1. The number of nitrogens with zero attached hydrogens (tertiary/aromatic N) is 6. The first-order valence-electron chi connectivity index (χ1n) is 11.2. The van der Waals surface area contributed by atoms with E-state index in [0.717, 1.165) is 11.3 Å². The highest BCUT2D eigenvalue weighted by Gasteiger charge is 2.27.